The summed E-state index contributed by atoms with van der Waals surface area (Å²) in [6.07, 6.45) is 3.80. The molecule has 0 saturated carbocycles. The van der Waals surface area contributed by atoms with Gasteiger partial charge in [0.2, 0.25) is 0 Å². The standard InChI is InChI=1S/C12H20BrNS/c1-4-9(5-2)6-11(14-3)12-7-10(13)8-15-12/h7-9,11,14H,4-6H2,1-3H3. The van der Waals surface area contributed by atoms with Crippen LogP contribution in [0.1, 0.15) is 44.0 Å². The maximum atomic E-state index is 3.51. The molecular weight excluding hydrogens is 270 g/mol. The zero-order valence-corrected chi connectivity index (χ0v) is 12.1. The molecule has 1 heterocycles. The first-order chi connectivity index (χ1) is 7.21. The Morgan fingerprint density at radius 3 is 2.47 bits per heavy atom. The number of thiophene rings is 1. The lowest BCUT2D eigenvalue weighted by atomic mass is 9.94. The summed E-state index contributed by atoms with van der Waals surface area (Å²) >= 11 is 5.35. The number of halogens is 1. The molecular formula is C12H20BrNS. The fourth-order valence-electron chi connectivity index (χ4n) is 1.84. The van der Waals surface area contributed by atoms with E-state index in [1.807, 2.05) is 11.3 Å². The van der Waals surface area contributed by atoms with Crippen molar-refractivity contribution in [3.63, 3.8) is 0 Å². The van der Waals surface area contributed by atoms with Gasteiger partial charge in [-0.25, -0.2) is 0 Å². The molecule has 0 fully saturated rings. The van der Waals surface area contributed by atoms with Crippen molar-refractivity contribution in [2.45, 2.75) is 39.2 Å². The van der Waals surface area contributed by atoms with Gasteiger partial charge in [-0.2, -0.15) is 0 Å². The van der Waals surface area contributed by atoms with Crippen LogP contribution in [-0.4, -0.2) is 7.05 Å². The smallest absolute Gasteiger partial charge is 0.0415 e. The van der Waals surface area contributed by atoms with Crippen LogP contribution in [0.15, 0.2) is 15.9 Å². The third-order valence-corrected chi connectivity index (χ3v) is 4.81. The minimum atomic E-state index is 0.520. The maximum absolute atomic E-state index is 3.51. The Morgan fingerprint density at radius 2 is 2.07 bits per heavy atom. The van der Waals surface area contributed by atoms with Crippen molar-refractivity contribution in [3.8, 4) is 0 Å². The molecule has 1 nitrogen and oxygen atoms in total. The summed E-state index contributed by atoms with van der Waals surface area (Å²) in [5.74, 6) is 0.836. The largest absolute Gasteiger partial charge is 0.312 e. The topological polar surface area (TPSA) is 12.0 Å². The van der Waals surface area contributed by atoms with Crippen LogP contribution in [0.25, 0.3) is 0 Å². The average molecular weight is 290 g/mol. The van der Waals surface area contributed by atoms with E-state index in [2.05, 4.69) is 53.6 Å². The third-order valence-electron chi connectivity index (χ3n) is 3.00. The molecule has 1 aromatic rings. The lowest BCUT2D eigenvalue weighted by molar-refractivity contribution is 0.388. The number of nitrogens with one attached hydrogen (secondary N) is 1. The van der Waals surface area contributed by atoms with Gasteiger partial charge in [0, 0.05) is 20.8 Å². The first-order valence-electron chi connectivity index (χ1n) is 5.62. The number of rotatable bonds is 6. The van der Waals surface area contributed by atoms with Gasteiger partial charge in [0.25, 0.3) is 0 Å². The summed E-state index contributed by atoms with van der Waals surface area (Å²) in [6.45, 7) is 4.57. The summed E-state index contributed by atoms with van der Waals surface area (Å²) in [5.41, 5.74) is 0. The normalized spacial score (nSPS) is 13.4. The van der Waals surface area contributed by atoms with Gasteiger partial charge in [0.05, 0.1) is 0 Å². The Hall–Kier alpha value is 0.140. The molecule has 0 radical (unpaired) electrons. The Kier molecular flexibility index (Phi) is 5.87. The van der Waals surface area contributed by atoms with Crippen LogP contribution in [0.5, 0.6) is 0 Å². The van der Waals surface area contributed by atoms with Gasteiger partial charge in [-0.15, -0.1) is 11.3 Å². The molecule has 15 heavy (non-hydrogen) atoms. The van der Waals surface area contributed by atoms with Gasteiger partial charge in [-0.3, -0.25) is 0 Å². The number of hydrogen-bond donors (Lipinski definition) is 1. The highest BCUT2D eigenvalue weighted by molar-refractivity contribution is 9.10. The van der Waals surface area contributed by atoms with Crippen LogP contribution in [-0.2, 0) is 0 Å². The van der Waals surface area contributed by atoms with Gasteiger partial charge in [0.1, 0.15) is 0 Å². The lowest BCUT2D eigenvalue weighted by Gasteiger charge is -2.20. The van der Waals surface area contributed by atoms with Crippen LogP contribution in [0.3, 0.4) is 0 Å². The zero-order valence-electron chi connectivity index (χ0n) is 9.72. The van der Waals surface area contributed by atoms with E-state index in [0.29, 0.717) is 6.04 Å². The Bertz CT molecular complexity index is 281. The van der Waals surface area contributed by atoms with Crippen molar-refractivity contribution >= 4 is 27.3 Å². The first-order valence-corrected chi connectivity index (χ1v) is 7.29. The molecule has 0 aliphatic carbocycles. The Balaban J connectivity index is 2.63. The summed E-state index contributed by atoms with van der Waals surface area (Å²) in [7, 11) is 2.06. The van der Waals surface area contributed by atoms with Gasteiger partial charge in [-0.05, 0) is 41.4 Å². The van der Waals surface area contributed by atoms with E-state index in [1.165, 1.54) is 28.6 Å². The average Bonchev–Trinajstić information content (AvgIpc) is 2.67. The van der Waals surface area contributed by atoms with E-state index >= 15 is 0 Å². The Labute approximate surface area is 105 Å². The molecule has 1 atom stereocenters. The van der Waals surface area contributed by atoms with Gasteiger partial charge >= 0.3 is 0 Å². The molecule has 0 aromatic carbocycles. The molecule has 1 aromatic heterocycles. The fraction of sp³-hybridized carbons (Fsp3) is 0.667. The van der Waals surface area contributed by atoms with Gasteiger partial charge < -0.3 is 5.32 Å². The highest BCUT2D eigenvalue weighted by atomic mass is 79.9. The molecule has 0 saturated heterocycles. The molecule has 3 heteroatoms. The molecule has 1 rings (SSSR count). The lowest BCUT2D eigenvalue weighted by Crippen LogP contribution is -2.18. The summed E-state index contributed by atoms with van der Waals surface area (Å²) in [6, 6.07) is 2.75. The predicted octanol–water partition coefficient (Wildman–Crippen LogP) is 4.60. The zero-order chi connectivity index (χ0) is 11.3. The van der Waals surface area contributed by atoms with Crippen LogP contribution < -0.4 is 5.32 Å². The number of hydrogen-bond acceptors (Lipinski definition) is 2. The van der Waals surface area contributed by atoms with Gasteiger partial charge in [-0.1, -0.05) is 26.7 Å². The van der Waals surface area contributed by atoms with Crippen molar-refractivity contribution in [1.29, 1.82) is 0 Å². The third kappa shape index (κ3) is 3.89. The van der Waals surface area contributed by atoms with Crippen LogP contribution >= 0.6 is 27.3 Å². The molecule has 1 N–H and O–H groups in total. The quantitative estimate of drug-likeness (QED) is 0.807. The highest BCUT2D eigenvalue weighted by Gasteiger charge is 2.15. The minimum absolute atomic E-state index is 0.520. The molecule has 0 aliphatic rings. The van der Waals surface area contributed by atoms with E-state index in [1.54, 1.807) is 0 Å². The van der Waals surface area contributed by atoms with Crippen LogP contribution in [0, 0.1) is 5.92 Å². The fourth-order valence-corrected chi connectivity index (χ4v) is 3.41. The summed E-state index contributed by atoms with van der Waals surface area (Å²) in [5, 5.41) is 5.58. The second kappa shape index (κ2) is 6.66. The highest BCUT2D eigenvalue weighted by Crippen LogP contribution is 2.30. The van der Waals surface area contributed by atoms with E-state index in [9.17, 15) is 0 Å². The molecule has 0 bridgehead atoms. The van der Waals surface area contributed by atoms with Crippen molar-refractivity contribution in [1.82, 2.24) is 5.32 Å². The van der Waals surface area contributed by atoms with Gasteiger partial charge in [0.15, 0.2) is 0 Å². The van der Waals surface area contributed by atoms with Crippen LogP contribution in [0.4, 0.5) is 0 Å². The first kappa shape index (κ1) is 13.2. The molecule has 1 unspecified atom stereocenters. The monoisotopic (exact) mass is 289 g/mol. The Morgan fingerprint density at radius 1 is 1.40 bits per heavy atom. The SMILES string of the molecule is CCC(CC)CC(NC)c1cc(Br)cs1. The predicted molar refractivity (Wildman–Crippen MR) is 72.5 cm³/mol. The van der Waals surface area contributed by atoms with Crippen LogP contribution in [0.2, 0.25) is 0 Å². The molecule has 0 spiro atoms. The van der Waals surface area contributed by atoms with E-state index in [4.69, 9.17) is 0 Å². The second-order valence-corrected chi connectivity index (χ2v) is 5.79. The summed E-state index contributed by atoms with van der Waals surface area (Å²) < 4.78 is 1.20. The second-order valence-electron chi connectivity index (χ2n) is 3.93. The maximum Gasteiger partial charge on any atom is 0.0415 e. The van der Waals surface area contributed by atoms with Crippen molar-refractivity contribution in [2.24, 2.45) is 5.92 Å². The molecule has 0 amide bonds. The van der Waals surface area contributed by atoms with Crippen molar-refractivity contribution in [3.05, 3.63) is 20.8 Å². The van der Waals surface area contributed by atoms with E-state index in [0.717, 1.165) is 5.92 Å². The van der Waals surface area contributed by atoms with Crippen molar-refractivity contribution in [2.75, 3.05) is 7.05 Å². The minimum Gasteiger partial charge on any atom is -0.312 e. The summed E-state index contributed by atoms with van der Waals surface area (Å²) in [4.78, 5) is 1.44. The van der Waals surface area contributed by atoms with E-state index in [-0.39, 0.29) is 0 Å². The van der Waals surface area contributed by atoms with Crippen molar-refractivity contribution < 1.29 is 0 Å². The molecule has 0 aliphatic heterocycles. The molecule has 86 valence electrons. The van der Waals surface area contributed by atoms with E-state index < -0.39 is 0 Å².